The largest absolute Gasteiger partial charge is 0.462 e. The number of nitrogens with zero attached hydrogens (tertiary/aromatic N) is 1. The van der Waals surface area contributed by atoms with Crippen molar-refractivity contribution in [1.82, 2.24) is 4.90 Å². The molecule has 4 aliphatic carbocycles. The lowest BCUT2D eigenvalue weighted by molar-refractivity contribution is -0.148. The number of ether oxygens (including phenoxy) is 1. The van der Waals surface area contributed by atoms with Gasteiger partial charge in [0.05, 0.1) is 24.1 Å². The minimum atomic E-state index is -0.605. The molecule has 5 fully saturated rings. The number of carbonyl (C=O) groups is 3. The lowest BCUT2D eigenvalue weighted by atomic mass is 9.47. The van der Waals surface area contributed by atoms with Gasteiger partial charge >= 0.3 is 5.97 Å². The summed E-state index contributed by atoms with van der Waals surface area (Å²) < 4.78 is 5.32. The van der Waals surface area contributed by atoms with Crippen LogP contribution >= 0.6 is 0 Å². The Bertz CT molecular complexity index is 1340. The Morgan fingerprint density at radius 2 is 1.48 bits per heavy atom. The summed E-state index contributed by atoms with van der Waals surface area (Å²) in [6, 6.07) is 18.6. The van der Waals surface area contributed by atoms with Crippen LogP contribution in [-0.4, -0.2) is 41.1 Å². The fourth-order valence-corrected chi connectivity index (χ4v) is 9.31. The molecule has 0 unspecified atom stereocenters. The summed E-state index contributed by atoms with van der Waals surface area (Å²) in [6.07, 6.45) is 12.4. The first-order valence-corrected chi connectivity index (χ1v) is 15.0. The first-order valence-electron chi connectivity index (χ1n) is 15.0. The second-order valence-electron chi connectivity index (χ2n) is 12.8. The fraction of sp³-hybridized carbons (Fsp3) is 0.457. The molecule has 4 saturated carbocycles. The molecule has 2 aliphatic heterocycles. The van der Waals surface area contributed by atoms with Crippen LogP contribution in [0.4, 0.5) is 0 Å². The third-order valence-corrected chi connectivity index (χ3v) is 10.4. The zero-order valence-electron chi connectivity index (χ0n) is 23.1. The van der Waals surface area contributed by atoms with Crippen LogP contribution in [0.3, 0.4) is 0 Å². The van der Waals surface area contributed by atoms with Crippen molar-refractivity contribution >= 4 is 17.5 Å². The second-order valence-corrected chi connectivity index (χ2v) is 12.8. The summed E-state index contributed by atoms with van der Waals surface area (Å²) in [5, 5.41) is 0. The molecule has 5 nitrogen and oxygen atoms in total. The van der Waals surface area contributed by atoms with Crippen molar-refractivity contribution in [2.45, 2.75) is 63.5 Å². The van der Waals surface area contributed by atoms with Crippen LogP contribution in [0, 0.1) is 29.1 Å². The van der Waals surface area contributed by atoms with Gasteiger partial charge in [-0.1, -0.05) is 66.7 Å². The van der Waals surface area contributed by atoms with E-state index in [-0.39, 0.29) is 35.7 Å². The third kappa shape index (κ3) is 4.08. The zero-order valence-corrected chi connectivity index (χ0v) is 23.1. The molecule has 0 aromatic heterocycles. The maximum absolute atomic E-state index is 15.1. The molecule has 5 heteroatoms. The van der Waals surface area contributed by atoms with Crippen LogP contribution < -0.4 is 0 Å². The Balaban J connectivity index is 1.36. The normalized spacial score (nSPS) is 35.3. The van der Waals surface area contributed by atoms with Crippen molar-refractivity contribution in [2.75, 3.05) is 6.61 Å². The van der Waals surface area contributed by atoms with E-state index in [9.17, 15) is 9.59 Å². The molecule has 2 aromatic carbocycles. The Kier molecular flexibility index (Phi) is 6.29. The predicted octanol–water partition coefficient (Wildman–Crippen LogP) is 6.12. The van der Waals surface area contributed by atoms with E-state index in [0.717, 1.165) is 24.8 Å². The number of rotatable bonds is 7. The molecular formula is C35H37NO4. The quantitative estimate of drug-likeness (QED) is 0.316. The van der Waals surface area contributed by atoms with Gasteiger partial charge in [-0.25, -0.2) is 4.79 Å². The Labute approximate surface area is 236 Å². The first-order chi connectivity index (χ1) is 19.5. The number of fused-ring (bicyclic) bond motifs is 1. The lowest BCUT2D eigenvalue weighted by Gasteiger charge is -2.57. The second kappa shape index (κ2) is 9.87. The number of Topliss-reactive ketones (excluding diaryl/α,β-unsaturated/α-hetero) is 2. The highest BCUT2D eigenvalue weighted by Crippen LogP contribution is 2.62. The number of carbonyl (C=O) groups excluding carboxylic acids is 3. The highest BCUT2D eigenvalue weighted by atomic mass is 16.5. The van der Waals surface area contributed by atoms with E-state index in [1.165, 1.54) is 19.3 Å². The van der Waals surface area contributed by atoms with E-state index < -0.39 is 12.0 Å². The molecule has 2 aromatic rings. The van der Waals surface area contributed by atoms with Crippen molar-refractivity contribution in [3.63, 3.8) is 0 Å². The molecule has 206 valence electrons. The maximum Gasteiger partial charge on any atom is 0.339 e. The molecule has 0 radical (unpaired) electrons. The van der Waals surface area contributed by atoms with Crippen molar-refractivity contribution in [3.8, 4) is 0 Å². The van der Waals surface area contributed by atoms with Crippen LogP contribution in [0.5, 0.6) is 0 Å². The van der Waals surface area contributed by atoms with E-state index in [1.807, 2.05) is 59.5 Å². The molecule has 0 N–H and O–H groups in total. The Morgan fingerprint density at radius 3 is 2.08 bits per heavy atom. The number of hydrogen-bond donors (Lipinski definition) is 0. The molecule has 6 aliphatic rings. The highest BCUT2D eigenvalue weighted by Gasteiger charge is 2.61. The minimum absolute atomic E-state index is 0.0185. The van der Waals surface area contributed by atoms with E-state index in [2.05, 4.69) is 12.1 Å². The average molecular weight is 536 g/mol. The summed E-state index contributed by atoms with van der Waals surface area (Å²) in [7, 11) is 0. The number of benzene rings is 2. The molecule has 1 saturated heterocycles. The summed E-state index contributed by atoms with van der Waals surface area (Å²) >= 11 is 0. The van der Waals surface area contributed by atoms with Gasteiger partial charge in [-0.15, -0.1) is 0 Å². The lowest BCUT2D eigenvalue weighted by Crippen LogP contribution is -2.53. The Morgan fingerprint density at radius 1 is 0.875 bits per heavy atom. The standard InChI is InChI=1S/C35H37NO4/c1-2-40-34(39)27-13-14-28-30(33(38)35-18-22-15-23(19-35)17-24(16-22)20-35)29(25-9-5-3-6-10-25)31(36(28)21-27)32(37)26-11-7-4-8-12-26/h3-14,21-24,28-31H,2,15-20H2,1H3/t22?,23?,24?,28-,29-,30+,31-,35?/m0/s1. The summed E-state index contributed by atoms with van der Waals surface area (Å²) in [5.74, 6) is 1.20. The van der Waals surface area contributed by atoms with Crippen LogP contribution in [0.25, 0.3) is 0 Å². The number of ketones is 2. The van der Waals surface area contributed by atoms with Crippen LogP contribution in [0.15, 0.2) is 84.6 Å². The summed E-state index contributed by atoms with van der Waals surface area (Å²) in [4.78, 5) is 44.3. The molecule has 2 heterocycles. The van der Waals surface area contributed by atoms with Crippen molar-refractivity contribution < 1.29 is 19.1 Å². The summed E-state index contributed by atoms with van der Waals surface area (Å²) in [6.45, 7) is 2.07. The van der Waals surface area contributed by atoms with E-state index in [4.69, 9.17) is 4.74 Å². The molecular weight excluding hydrogens is 498 g/mol. The van der Waals surface area contributed by atoms with E-state index in [1.54, 1.807) is 19.2 Å². The monoisotopic (exact) mass is 535 g/mol. The summed E-state index contributed by atoms with van der Waals surface area (Å²) in [5.41, 5.74) is 1.75. The van der Waals surface area contributed by atoms with Gasteiger partial charge in [0.25, 0.3) is 0 Å². The van der Waals surface area contributed by atoms with Gasteiger partial charge in [0.15, 0.2) is 5.78 Å². The average Bonchev–Trinajstić information content (AvgIpc) is 3.31. The van der Waals surface area contributed by atoms with Gasteiger partial charge in [0, 0.05) is 23.1 Å². The topological polar surface area (TPSA) is 63.7 Å². The molecule has 0 amide bonds. The molecule has 4 bridgehead atoms. The molecule has 4 atom stereocenters. The van der Waals surface area contributed by atoms with Crippen LogP contribution in [0.2, 0.25) is 0 Å². The minimum Gasteiger partial charge on any atom is -0.462 e. The van der Waals surface area contributed by atoms with Crippen molar-refractivity contribution in [1.29, 1.82) is 0 Å². The van der Waals surface area contributed by atoms with Crippen molar-refractivity contribution in [2.24, 2.45) is 29.1 Å². The molecule has 8 rings (SSSR count). The maximum atomic E-state index is 15.1. The SMILES string of the molecule is CCOC(=O)C1=CN2[C@H](C(=O)c3ccccc3)[C@@H](c3ccccc3)[C@H](C(=O)C34CC5CC(CC(C5)C3)C4)[C@@H]2C=C1. The zero-order chi connectivity index (χ0) is 27.4. The van der Waals surface area contributed by atoms with Crippen LogP contribution in [0.1, 0.15) is 67.3 Å². The highest BCUT2D eigenvalue weighted by molar-refractivity contribution is 6.03. The van der Waals surface area contributed by atoms with E-state index >= 15 is 4.79 Å². The van der Waals surface area contributed by atoms with Crippen molar-refractivity contribution in [3.05, 3.63) is 95.7 Å². The van der Waals surface area contributed by atoms with Gasteiger partial charge in [0.2, 0.25) is 0 Å². The van der Waals surface area contributed by atoms with Gasteiger partial charge in [-0.3, -0.25) is 9.59 Å². The molecule has 40 heavy (non-hydrogen) atoms. The predicted molar refractivity (Wildman–Crippen MR) is 152 cm³/mol. The first kappa shape index (κ1) is 25.5. The van der Waals surface area contributed by atoms with Crippen LogP contribution in [-0.2, 0) is 14.3 Å². The van der Waals surface area contributed by atoms with Gasteiger partial charge in [-0.05, 0) is 74.8 Å². The molecule has 0 spiro atoms. The van der Waals surface area contributed by atoms with Gasteiger partial charge in [0.1, 0.15) is 11.8 Å². The number of hydrogen-bond acceptors (Lipinski definition) is 5. The fourth-order valence-electron chi connectivity index (χ4n) is 9.31. The van der Waals surface area contributed by atoms with Gasteiger partial charge < -0.3 is 9.64 Å². The smallest absolute Gasteiger partial charge is 0.339 e. The van der Waals surface area contributed by atoms with Gasteiger partial charge in [-0.2, -0.15) is 0 Å². The van der Waals surface area contributed by atoms with E-state index in [0.29, 0.717) is 34.7 Å². The Hall–Kier alpha value is -3.47. The third-order valence-electron chi connectivity index (χ3n) is 10.4. The number of esters is 1.